The van der Waals surface area contributed by atoms with Gasteiger partial charge in [0, 0.05) is 53.9 Å². The number of hydrogen-bond acceptors (Lipinski definition) is 5. The monoisotopic (exact) mass is 1030 g/mol. The quantitative estimate of drug-likeness (QED) is 0.155. The maximum atomic E-state index is 6.92. The van der Waals surface area contributed by atoms with Crippen molar-refractivity contribution in [1.29, 1.82) is 0 Å². The number of para-hydroxylation sites is 2. The Morgan fingerprint density at radius 3 is 2.06 bits per heavy atom. The molecule has 4 aromatic heterocycles. The molecule has 0 spiro atoms. The first-order valence-electron chi connectivity index (χ1n) is 22.2. The van der Waals surface area contributed by atoms with Gasteiger partial charge < -0.3 is 13.4 Å². The van der Waals surface area contributed by atoms with Crippen molar-refractivity contribution in [3.8, 4) is 39.6 Å². The third-order valence-electron chi connectivity index (χ3n) is 12.2. The van der Waals surface area contributed by atoms with Gasteiger partial charge in [-0.25, -0.2) is 0 Å². The predicted molar refractivity (Wildman–Crippen MR) is 263 cm³/mol. The van der Waals surface area contributed by atoms with Crippen LogP contribution in [0.25, 0.3) is 94.5 Å². The number of aromatic nitrogens is 4. The van der Waals surface area contributed by atoms with Crippen molar-refractivity contribution in [1.82, 2.24) is 19.5 Å². The standard InChI is InChI=1S/C44H35N2O2.C14H15N2.Ir/c1-25(2)34-23-29(28-14-7-6-8-15-28)24-35(26(3)4)41(34)46-40-27(5)13-11-19-36(40)45-44(46)33-18-12-17-30-31-21-22-38-39(43(31)48-42(30)33)32-16-9-10-20-37(32)47-38;1-14(2,3)12-9-10-15-13(16-12)11-7-5-4-6-8-11;/h6-17,19-26H,1-5H3;4-7,9-10H,1-3H3;/q2*-1;. The fourth-order valence-corrected chi connectivity index (χ4v) is 8.91. The van der Waals surface area contributed by atoms with E-state index in [4.69, 9.17) is 13.8 Å². The first-order chi connectivity index (χ1) is 31.0. The van der Waals surface area contributed by atoms with E-state index in [0.29, 0.717) is 0 Å². The predicted octanol–water partition coefficient (Wildman–Crippen LogP) is 15.8. The molecule has 6 nitrogen and oxygen atoms in total. The fourth-order valence-electron chi connectivity index (χ4n) is 8.91. The van der Waals surface area contributed by atoms with Gasteiger partial charge in [-0.3, -0.25) is 15.0 Å². The summed E-state index contributed by atoms with van der Waals surface area (Å²) in [5, 5.41) is 4.13. The summed E-state index contributed by atoms with van der Waals surface area (Å²) < 4.78 is 15.5. The molecule has 0 saturated carbocycles. The fraction of sp³-hybridized carbons (Fsp3) is 0.190. The van der Waals surface area contributed by atoms with Gasteiger partial charge in [-0.05, 0) is 89.0 Å². The van der Waals surface area contributed by atoms with Crippen LogP contribution in [0.4, 0.5) is 0 Å². The van der Waals surface area contributed by atoms with Gasteiger partial charge in [-0.2, -0.15) is 0 Å². The molecule has 0 bridgehead atoms. The molecule has 0 saturated heterocycles. The zero-order chi connectivity index (χ0) is 44.3. The Morgan fingerprint density at radius 2 is 1.34 bits per heavy atom. The Hall–Kier alpha value is -6.66. The second-order valence-electron chi connectivity index (χ2n) is 18.3. The Bertz CT molecular complexity index is 3470. The smallest absolute Gasteiger partial charge is 0.139 e. The number of imidazole rings is 1. The van der Waals surface area contributed by atoms with E-state index >= 15 is 0 Å². The van der Waals surface area contributed by atoms with Crippen LogP contribution in [0.2, 0.25) is 0 Å². The minimum atomic E-state index is 0. The van der Waals surface area contributed by atoms with Gasteiger partial charge in [0.05, 0.1) is 33.7 Å². The number of hydrogen-bond donors (Lipinski definition) is 0. The maximum absolute atomic E-state index is 6.92. The zero-order valence-corrected chi connectivity index (χ0v) is 40.3. The van der Waals surface area contributed by atoms with Crippen LogP contribution in [-0.2, 0) is 25.5 Å². The van der Waals surface area contributed by atoms with E-state index in [-0.39, 0.29) is 37.4 Å². The Morgan fingerprint density at radius 1 is 0.615 bits per heavy atom. The van der Waals surface area contributed by atoms with Gasteiger partial charge >= 0.3 is 0 Å². The molecule has 65 heavy (non-hydrogen) atoms. The summed E-state index contributed by atoms with van der Waals surface area (Å²) in [6.45, 7) is 17.8. The van der Waals surface area contributed by atoms with Crippen LogP contribution < -0.4 is 0 Å². The van der Waals surface area contributed by atoms with E-state index < -0.39 is 0 Å². The number of fused-ring (bicyclic) bond motifs is 8. The van der Waals surface area contributed by atoms with Crippen LogP contribution in [0.5, 0.6) is 0 Å². The van der Waals surface area contributed by atoms with Crippen molar-refractivity contribution in [2.75, 3.05) is 0 Å². The SMILES string of the molecule is CC(C)(C)c1ccnc(-c2[c-]cccc2)n1.Cc1cccc2nc(-c3[c-]ccc4c3oc3c4ccc4oc5ccccc5c43)n(-c3c(C(C)C)cc(-c4ccccc4)cc3C(C)C)c12.[Ir]. The second-order valence-corrected chi connectivity index (χ2v) is 18.3. The largest absolute Gasteiger partial charge is 0.500 e. The zero-order valence-electron chi connectivity index (χ0n) is 37.9. The molecule has 4 heterocycles. The molecule has 0 aliphatic heterocycles. The van der Waals surface area contributed by atoms with E-state index in [9.17, 15) is 0 Å². The molecule has 325 valence electrons. The van der Waals surface area contributed by atoms with Crippen LogP contribution in [0, 0.1) is 19.1 Å². The van der Waals surface area contributed by atoms with Gasteiger partial charge in [-0.15, -0.1) is 54.1 Å². The molecular formula is C58H50IrN4O2-2. The summed E-state index contributed by atoms with van der Waals surface area (Å²) in [5.41, 5.74) is 15.6. The molecule has 1 radical (unpaired) electrons. The van der Waals surface area contributed by atoms with Gasteiger partial charge in [0.2, 0.25) is 0 Å². The topological polar surface area (TPSA) is 69.9 Å². The van der Waals surface area contributed by atoms with Gasteiger partial charge in [0.25, 0.3) is 0 Å². The molecule has 0 atom stereocenters. The molecule has 0 unspecified atom stereocenters. The molecule has 7 aromatic carbocycles. The number of rotatable bonds is 6. The van der Waals surface area contributed by atoms with Gasteiger partial charge in [0.1, 0.15) is 16.7 Å². The van der Waals surface area contributed by atoms with E-state index in [1.165, 1.54) is 33.5 Å². The average Bonchev–Trinajstić information content (AvgIpc) is 4.01. The van der Waals surface area contributed by atoms with Crippen LogP contribution in [-0.4, -0.2) is 19.5 Å². The minimum Gasteiger partial charge on any atom is -0.500 e. The van der Waals surface area contributed by atoms with Crippen molar-refractivity contribution < 1.29 is 28.9 Å². The van der Waals surface area contributed by atoms with Crippen molar-refractivity contribution in [3.63, 3.8) is 0 Å². The molecule has 0 aliphatic carbocycles. The van der Waals surface area contributed by atoms with Crippen molar-refractivity contribution in [2.45, 2.75) is 72.6 Å². The third-order valence-corrected chi connectivity index (χ3v) is 12.2. The van der Waals surface area contributed by atoms with Crippen molar-refractivity contribution >= 4 is 54.9 Å². The van der Waals surface area contributed by atoms with Crippen LogP contribution in [0.3, 0.4) is 0 Å². The van der Waals surface area contributed by atoms with Gasteiger partial charge in [0.15, 0.2) is 0 Å². The van der Waals surface area contributed by atoms with Gasteiger partial charge in [-0.1, -0.05) is 120 Å². The number of nitrogens with zero attached hydrogens (tertiary/aromatic N) is 4. The van der Waals surface area contributed by atoms with Crippen molar-refractivity contribution in [3.05, 3.63) is 180 Å². The van der Waals surface area contributed by atoms with Crippen LogP contribution >= 0.6 is 0 Å². The minimum absolute atomic E-state index is 0. The summed E-state index contributed by atoms with van der Waals surface area (Å²) >= 11 is 0. The van der Waals surface area contributed by atoms with E-state index in [1.54, 1.807) is 0 Å². The second kappa shape index (κ2) is 17.4. The van der Waals surface area contributed by atoms with E-state index in [2.05, 4.69) is 167 Å². The normalized spacial score (nSPS) is 11.8. The molecule has 0 N–H and O–H groups in total. The first kappa shape index (κ1) is 43.6. The molecule has 0 fully saturated rings. The molecule has 11 aromatic rings. The Kier molecular flexibility index (Phi) is 11.7. The van der Waals surface area contributed by atoms with Crippen LogP contribution in [0.1, 0.15) is 82.7 Å². The maximum Gasteiger partial charge on any atom is 0.139 e. The number of benzene rings is 7. The van der Waals surface area contributed by atoms with E-state index in [0.717, 1.165) is 83.4 Å². The number of furan rings is 2. The molecular weight excluding hydrogens is 977 g/mol. The average molecular weight is 1030 g/mol. The summed E-state index contributed by atoms with van der Waals surface area (Å²) in [7, 11) is 0. The summed E-state index contributed by atoms with van der Waals surface area (Å²) in [4.78, 5) is 14.2. The molecule has 11 rings (SSSR count). The molecule has 7 heteroatoms. The Balaban J connectivity index is 0.000000266. The first-order valence-corrected chi connectivity index (χ1v) is 22.2. The van der Waals surface area contributed by atoms with E-state index in [1.807, 2.05) is 60.8 Å². The summed E-state index contributed by atoms with van der Waals surface area (Å²) in [5.74, 6) is 2.11. The Labute approximate surface area is 393 Å². The number of aryl methyl sites for hydroxylation is 1. The molecule has 0 amide bonds. The summed E-state index contributed by atoms with van der Waals surface area (Å²) in [6, 6.07) is 54.7. The summed E-state index contributed by atoms with van der Waals surface area (Å²) in [6.07, 6.45) is 1.81. The third kappa shape index (κ3) is 7.87. The molecule has 0 aliphatic rings. The van der Waals surface area contributed by atoms with Crippen LogP contribution in [0.15, 0.2) is 155 Å². The van der Waals surface area contributed by atoms with Crippen molar-refractivity contribution in [2.24, 2.45) is 0 Å².